The number of rotatable bonds is 1. The molecule has 1 aromatic rings. The Morgan fingerprint density at radius 1 is 1.82 bits per heavy atom. The summed E-state index contributed by atoms with van der Waals surface area (Å²) in [6, 6.07) is 3.79. The van der Waals surface area contributed by atoms with Gasteiger partial charge in [0.25, 0.3) is 0 Å². The summed E-state index contributed by atoms with van der Waals surface area (Å²) in [6.45, 7) is 0. The third-order valence-electron chi connectivity index (χ3n) is 0.583. The van der Waals surface area contributed by atoms with Crippen molar-refractivity contribution in [3.8, 4) is 0 Å². The van der Waals surface area contributed by atoms with Gasteiger partial charge in [0, 0.05) is 11.3 Å². The van der Waals surface area contributed by atoms with Gasteiger partial charge in [-0.3, -0.25) is 10.1 Å². The molecule has 0 saturated carbocycles. The van der Waals surface area contributed by atoms with Crippen molar-refractivity contribution >= 4 is 34.2 Å². The van der Waals surface area contributed by atoms with E-state index in [-0.39, 0.29) is 0 Å². The smallest absolute Gasteiger partial charge is 0.0928 e. The molecule has 1 rings (SSSR count). The summed E-state index contributed by atoms with van der Waals surface area (Å²) in [5.41, 5.74) is 0. The highest BCUT2D eigenvalue weighted by Crippen LogP contribution is 2.13. The first-order valence-corrected chi connectivity index (χ1v) is 4.74. The molecule has 11 heavy (non-hydrogen) atoms. The predicted octanol–water partition coefficient (Wildman–Crippen LogP) is 0.645. The zero-order valence-electron chi connectivity index (χ0n) is 5.32. The lowest BCUT2D eigenvalue weighted by Gasteiger charge is -1.95. The molecule has 0 fully saturated rings. The number of thiophene rings is 1. The van der Waals surface area contributed by atoms with Gasteiger partial charge in [0.1, 0.15) is 0 Å². The Morgan fingerprint density at radius 2 is 2.36 bits per heavy atom. The van der Waals surface area contributed by atoms with Gasteiger partial charge >= 0.3 is 0 Å². The molecular formula is C4H6ClN2O2S2-. The second-order valence-corrected chi connectivity index (χ2v) is 3.55. The molecule has 0 aliphatic heterocycles. The predicted molar refractivity (Wildman–Crippen MR) is 45.6 cm³/mol. The highest BCUT2D eigenvalue weighted by atomic mass is 35.5. The summed E-state index contributed by atoms with van der Waals surface area (Å²) in [4.78, 5) is 1.44. The quantitative estimate of drug-likeness (QED) is 0.408. The normalized spacial score (nSPS) is 11.5. The topological polar surface area (TPSA) is 78.2 Å². The van der Waals surface area contributed by atoms with Crippen LogP contribution < -0.4 is 10.7 Å². The molecule has 64 valence electrons. The number of halogens is 1. The summed E-state index contributed by atoms with van der Waals surface area (Å²) in [5, 5.41) is 1.95. The van der Waals surface area contributed by atoms with Crippen LogP contribution in [0, 0.1) is 0 Å². The lowest BCUT2D eigenvalue weighted by molar-refractivity contribution is 0.525. The van der Waals surface area contributed by atoms with E-state index < -0.39 is 11.3 Å². The van der Waals surface area contributed by atoms with Crippen molar-refractivity contribution in [3.63, 3.8) is 0 Å². The minimum atomic E-state index is -2.29. The van der Waals surface area contributed by atoms with Crippen LogP contribution in [0.25, 0.3) is 0 Å². The third-order valence-corrected chi connectivity index (χ3v) is 1.82. The average molecular weight is 214 g/mol. The standard InChI is InChI=1S/C4H3ClS.H4N2O2S/c5-4-2-1-3-6-4;1-2-5(3)4/h1-3H;2H,1H2,(H,3,4)/p-1. The van der Waals surface area contributed by atoms with Gasteiger partial charge in [-0.25, -0.2) is 0 Å². The van der Waals surface area contributed by atoms with Crippen LogP contribution in [0.4, 0.5) is 0 Å². The van der Waals surface area contributed by atoms with Gasteiger partial charge in [0.05, 0.1) is 4.34 Å². The van der Waals surface area contributed by atoms with Crippen molar-refractivity contribution in [2.75, 3.05) is 0 Å². The van der Waals surface area contributed by atoms with Crippen molar-refractivity contribution in [1.29, 1.82) is 0 Å². The second kappa shape index (κ2) is 6.71. The van der Waals surface area contributed by atoms with Crippen LogP contribution in [-0.2, 0) is 11.3 Å². The number of nitrogens with two attached hydrogens (primary N) is 1. The van der Waals surface area contributed by atoms with Gasteiger partial charge in [-0.15, -0.1) is 11.3 Å². The van der Waals surface area contributed by atoms with Crippen molar-refractivity contribution in [2.24, 2.45) is 5.84 Å². The fraction of sp³-hybridized carbons (Fsp3) is 0. The van der Waals surface area contributed by atoms with Crippen molar-refractivity contribution in [2.45, 2.75) is 0 Å². The third kappa shape index (κ3) is 7.92. The SMILES string of the molecule is Clc1cccs1.NNS(=O)[O-]. The lowest BCUT2D eigenvalue weighted by atomic mass is 10.7. The number of nitrogens with one attached hydrogen (secondary N) is 1. The summed E-state index contributed by atoms with van der Waals surface area (Å²) in [6.07, 6.45) is 0. The zero-order chi connectivity index (χ0) is 8.69. The molecule has 0 aromatic carbocycles. The van der Waals surface area contributed by atoms with Crippen LogP contribution in [0.15, 0.2) is 17.5 Å². The first kappa shape index (κ1) is 11.0. The first-order valence-electron chi connectivity index (χ1n) is 2.41. The van der Waals surface area contributed by atoms with Gasteiger partial charge < -0.3 is 4.55 Å². The van der Waals surface area contributed by atoms with Gasteiger partial charge in [0.15, 0.2) is 0 Å². The molecule has 1 aromatic heterocycles. The maximum atomic E-state index is 9.13. The Morgan fingerprint density at radius 3 is 2.45 bits per heavy atom. The Hall–Kier alpha value is 0.0200. The fourth-order valence-corrected chi connectivity index (χ4v) is 0.930. The molecule has 0 aliphatic carbocycles. The van der Waals surface area contributed by atoms with E-state index in [4.69, 9.17) is 20.4 Å². The van der Waals surface area contributed by atoms with E-state index in [1.165, 1.54) is 4.83 Å². The van der Waals surface area contributed by atoms with Gasteiger partial charge in [-0.05, 0) is 17.5 Å². The molecule has 1 unspecified atom stereocenters. The summed E-state index contributed by atoms with van der Waals surface area (Å²) >= 11 is 4.72. The van der Waals surface area contributed by atoms with Crippen LogP contribution in [0.3, 0.4) is 0 Å². The average Bonchev–Trinajstić information content (AvgIpc) is 2.41. The number of hydrogen-bond acceptors (Lipinski definition) is 4. The summed E-state index contributed by atoms with van der Waals surface area (Å²) in [5.74, 6) is 4.31. The Bertz CT molecular complexity index is 204. The van der Waals surface area contributed by atoms with Crippen molar-refractivity contribution in [3.05, 3.63) is 21.8 Å². The van der Waals surface area contributed by atoms with Gasteiger partial charge in [0.2, 0.25) is 0 Å². The molecule has 4 nitrogen and oxygen atoms in total. The van der Waals surface area contributed by atoms with E-state index in [9.17, 15) is 0 Å². The highest BCUT2D eigenvalue weighted by Gasteiger charge is 1.77. The lowest BCUT2D eigenvalue weighted by Crippen LogP contribution is -2.23. The zero-order valence-corrected chi connectivity index (χ0v) is 7.71. The van der Waals surface area contributed by atoms with Crippen LogP contribution in [0.5, 0.6) is 0 Å². The summed E-state index contributed by atoms with van der Waals surface area (Å²) < 4.78 is 19.1. The van der Waals surface area contributed by atoms with Crippen LogP contribution in [0.1, 0.15) is 0 Å². The molecule has 0 radical (unpaired) electrons. The Labute approximate surface area is 75.8 Å². The molecule has 0 spiro atoms. The molecule has 0 amide bonds. The molecule has 7 heteroatoms. The summed E-state index contributed by atoms with van der Waals surface area (Å²) in [7, 11) is 0. The van der Waals surface area contributed by atoms with E-state index in [2.05, 4.69) is 5.84 Å². The van der Waals surface area contributed by atoms with Gasteiger partial charge in [-0.1, -0.05) is 11.6 Å². The minimum absolute atomic E-state index is 0.856. The molecule has 1 heterocycles. The van der Waals surface area contributed by atoms with Crippen LogP contribution in [0.2, 0.25) is 4.34 Å². The van der Waals surface area contributed by atoms with Crippen LogP contribution >= 0.6 is 22.9 Å². The van der Waals surface area contributed by atoms with E-state index in [1.807, 2.05) is 17.5 Å². The van der Waals surface area contributed by atoms with E-state index >= 15 is 0 Å². The van der Waals surface area contributed by atoms with Crippen molar-refractivity contribution < 1.29 is 8.76 Å². The van der Waals surface area contributed by atoms with E-state index in [1.54, 1.807) is 11.3 Å². The Balaban J connectivity index is 0.000000187. The second-order valence-electron chi connectivity index (χ2n) is 1.27. The molecule has 0 saturated heterocycles. The van der Waals surface area contributed by atoms with Crippen molar-refractivity contribution in [1.82, 2.24) is 4.83 Å². The molecular weight excluding hydrogens is 208 g/mol. The first-order chi connectivity index (χ1) is 5.16. The molecule has 3 N–H and O–H groups in total. The highest BCUT2D eigenvalue weighted by molar-refractivity contribution is 7.76. The molecule has 1 atom stereocenters. The van der Waals surface area contributed by atoms with Crippen LogP contribution in [-0.4, -0.2) is 8.76 Å². The number of hydrazine groups is 1. The van der Waals surface area contributed by atoms with Gasteiger partial charge in [-0.2, -0.15) is 4.83 Å². The fourth-order valence-electron chi connectivity index (χ4n) is 0.259. The minimum Gasteiger partial charge on any atom is -0.759 e. The maximum absolute atomic E-state index is 9.13. The molecule has 0 aliphatic rings. The largest absolute Gasteiger partial charge is 0.759 e. The maximum Gasteiger partial charge on any atom is 0.0928 e. The van der Waals surface area contributed by atoms with E-state index in [0.717, 1.165) is 4.34 Å². The Kier molecular flexibility index (Phi) is 6.73. The van der Waals surface area contributed by atoms with E-state index in [0.29, 0.717) is 0 Å². The number of hydrogen-bond donors (Lipinski definition) is 2. The molecule has 0 bridgehead atoms. The monoisotopic (exact) mass is 213 g/mol.